The SMILES string of the molecule is COC(=O)[C@]12CCC[C@](CO)(C1)OC21CCS(=O)CC1. The van der Waals surface area contributed by atoms with Crippen molar-refractivity contribution in [3.63, 3.8) is 0 Å². The highest BCUT2D eigenvalue weighted by Crippen LogP contribution is 2.62. The largest absolute Gasteiger partial charge is 0.469 e. The van der Waals surface area contributed by atoms with Crippen LogP contribution in [0.5, 0.6) is 0 Å². The molecule has 3 rings (SSSR count). The number of carbonyl (C=O) groups is 1. The Labute approximate surface area is 121 Å². The first-order valence-electron chi connectivity index (χ1n) is 7.26. The molecule has 2 bridgehead atoms. The van der Waals surface area contributed by atoms with Crippen LogP contribution in [0.1, 0.15) is 38.5 Å². The zero-order valence-electron chi connectivity index (χ0n) is 11.9. The summed E-state index contributed by atoms with van der Waals surface area (Å²) in [7, 11) is 0.602. The number of rotatable bonds is 2. The van der Waals surface area contributed by atoms with Crippen molar-refractivity contribution >= 4 is 16.8 Å². The van der Waals surface area contributed by atoms with Crippen LogP contribution in [-0.2, 0) is 25.1 Å². The molecule has 0 aromatic rings. The van der Waals surface area contributed by atoms with Crippen LogP contribution in [-0.4, -0.2) is 51.7 Å². The summed E-state index contributed by atoms with van der Waals surface area (Å²) in [6.07, 6.45) is 4.17. The Kier molecular flexibility index (Phi) is 3.46. The first-order valence-corrected chi connectivity index (χ1v) is 8.75. The molecule has 2 heterocycles. The third kappa shape index (κ3) is 1.81. The summed E-state index contributed by atoms with van der Waals surface area (Å²) in [5, 5.41) is 9.77. The van der Waals surface area contributed by atoms with Crippen molar-refractivity contribution in [2.24, 2.45) is 5.41 Å². The summed E-state index contributed by atoms with van der Waals surface area (Å²) in [6, 6.07) is 0. The summed E-state index contributed by atoms with van der Waals surface area (Å²) >= 11 is 0. The number of hydrogen-bond acceptors (Lipinski definition) is 5. The van der Waals surface area contributed by atoms with Crippen LogP contribution in [0, 0.1) is 5.41 Å². The number of hydrogen-bond donors (Lipinski definition) is 1. The number of ether oxygens (including phenoxy) is 2. The van der Waals surface area contributed by atoms with Crippen LogP contribution in [0.3, 0.4) is 0 Å². The van der Waals surface area contributed by atoms with Gasteiger partial charge in [0.25, 0.3) is 0 Å². The van der Waals surface area contributed by atoms with E-state index in [4.69, 9.17) is 9.47 Å². The smallest absolute Gasteiger partial charge is 0.314 e. The zero-order valence-corrected chi connectivity index (χ0v) is 12.7. The van der Waals surface area contributed by atoms with E-state index in [9.17, 15) is 14.1 Å². The van der Waals surface area contributed by atoms with Gasteiger partial charge in [-0.05, 0) is 38.5 Å². The lowest BCUT2D eigenvalue weighted by Crippen LogP contribution is -2.54. The van der Waals surface area contributed by atoms with Crippen molar-refractivity contribution < 1.29 is 23.6 Å². The summed E-state index contributed by atoms with van der Waals surface area (Å²) in [5.74, 6) is 0.917. The highest BCUT2D eigenvalue weighted by Gasteiger charge is 2.70. The molecule has 0 aromatic heterocycles. The second-order valence-corrected chi connectivity index (χ2v) is 8.09. The molecule has 3 fully saturated rings. The van der Waals surface area contributed by atoms with E-state index in [1.54, 1.807) is 0 Å². The third-order valence-corrected chi connectivity index (χ3v) is 6.79. The molecule has 1 spiro atoms. The fourth-order valence-corrected chi connectivity index (χ4v) is 5.83. The Balaban J connectivity index is 2.02. The predicted molar refractivity (Wildman–Crippen MR) is 73.7 cm³/mol. The average molecular weight is 302 g/mol. The summed E-state index contributed by atoms with van der Waals surface area (Å²) in [5.41, 5.74) is -1.86. The van der Waals surface area contributed by atoms with Crippen LogP contribution in [0.15, 0.2) is 0 Å². The Morgan fingerprint density at radius 1 is 1.30 bits per heavy atom. The minimum Gasteiger partial charge on any atom is -0.469 e. The molecule has 0 radical (unpaired) electrons. The zero-order chi connectivity index (χ0) is 14.4. The number of esters is 1. The quantitative estimate of drug-likeness (QED) is 0.763. The summed E-state index contributed by atoms with van der Waals surface area (Å²) < 4.78 is 23.1. The van der Waals surface area contributed by atoms with Gasteiger partial charge in [-0.3, -0.25) is 9.00 Å². The van der Waals surface area contributed by atoms with Gasteiger partial charge in [0.2, 0.25) is 0 Å². The Bertz CT molecular complexity index is 441. The summed E-state index contributed by atoms with van der Waals surface area (Å²) in [4.78, 5) is 12.5. The van der Waals surface area contributed by atoms with Gasteiger partial charge in [0.05, 0.1) is 30.3 Å². The molecular formula is C14H22O5S. The van der Waals surface area contributed by atoms with E-state index in [0.717, 1.165) is 19.3 Å². The standard InChI is InChI=1S/C14H22O5S/c1-18-11(16)13-4-2-3-12(9-13,10-15)19-14(13)5-7-20(17)8-6-14/h15H,2-10H2,1H3/t12-,13+,14?,20?/m1/s1. The molecule has 2 aliphatic heterocycles. The molecule has 3 aliphatic rings. The molecule has 2 atom stereocenters. The van der Waals surface area contributed by atoms with Crippen LogP contribution >= 0.6 is 0 Å². The molecule has 1 saturated carbocycles. The lowest BCUT2D eigenvalue weighted by atomic mass is 9.61. The fourth-order valence-electron chi connectivity index (χ4n) is 4.52. The van der Waals surface area contributed by atoms with E-state index >= 15 is 0 Å². The van der Waals surface area contributed by atoms with Gasteiger partial charge in [-0.25, -0.2) is 0 Å². The van der Waals surface area contributed by atoms with Crippen molar-refractivity contribution in [2.45, 2.75) is 49.7 Å². The molecule has 1 aliphatic carbocycles. The van der Waals surface area contributed by atoms with Crippen molar-refractivity contribution in [2.75, 3.05) is 25.2 Å². The minimum absolute atomic E-state index is 0.0589. The first kappa shape index (κ1) is 14.5. The van der Waals surface area contributed by atoms with Gasteiger partial charge in [-0.1, -0.05) is 0 Å². The van der Waals surface area contributed by atoms with Crippen LogP contribution in [0.2, 0.25) is 0 Å². The second-order valence-electron chi connectivity index (χ2n) is 6.39. The number of methoxy groups -OCH3 is 1. The molecule has 0 unspecified atom stereocenters. The molecule has 1 N–H and O–H groups in total. The fraction of sp³-hybridized carbons (Fsp3) is 0.929. The number of aliphatic hydroxyl groups is 1. The van der Waals surface area contributed by atoms with Gasteiger partial charge in [-0.15, -0.1) is 0 Å². The van der Waals surface area contributed by atoms with E-state index in [1.807, 2.05) is 0 Å². The topological polar surface area (TPSA) is 72.8 Å². The first-order chi connectivity index (χ1) is 9.51. The van der Waals surface area contributed by atoms with Gasteiger partial charge in [-0.2, -0.15) is 0 Å². The van der Waals surface area contributed by atoms with Gasteiger partial charge < -0.3 is 14.6 Å². The maximum atomic E-state index is 12.5. The lowest BCUT2D eigenvalue weighted by molar-refractivity contribution is -0.172. The molecule has 20 heavy (non-hydrogen) atoms. The molecule has 0 amide bonds. The Morgan fingerprint density at radius 3 is 2.60 bits per heavy atom. The molecule has 5 nitrogen and oxygen atoms in total. The highest BCUT2D eigenvalue weighted by molar-refractivity contribution is 7.85. The lowest BCUT2D eigenvalue weighted by Gasteiger charge is -2.44. The number of fused-ring (bicyclic) bond motifs is 3. The average Bonchev–Trinajstić information content (AvgIpc) is 2.67. The van der Waals surface area contributed by atoms with E-state index in [2.05, 4.69) is 0 Å². The molecule has 0 aromatic carbocycles. The molecular weight excluding hydrogens is 280 g/mol. The number of carbonyl (C=O) groups excluding carboxylic acids is 1. The van der Waals surface area contributed by atoms with Crippen molar-refractivity contribution in [1.82, 2.24) is 0 Å². The van der Waals surface area contributed by atoms with Crippen molar-refractivity contribution in [3.8, 4) is 0 Å². The van der Waals surface area contributed by atoms with E-state index < -0.39 is 27.4 Å². The molecule has 114 valence electrons. The van der Waals surface area contributed by atoms with Crippen LogP contribution in [0.25, 0.3) is 0 Å². The van der Waals surface area contributed by atoms with Crippen molar-refractivity contribution in [3.05, 3.63) is 0 Å². The van der Waals surface area contributed by atoms with E-state index in [-0.39, 0.29) is 12.6 Å². The van der Waals surface area contributed by atoms with E-state index in [0.29, 0.717) is 30.8 Å². The van der Waals surface area contributed by atoms with Gasteiger partial charge in [0, 0.05) is 22.3 Å². The van der Waals surface area contributed by atoms with Gasteiger partial charge >= 0.3 is 5.97 Å². The molecule has 2 saturated heterocycles. The number of aliphatic hydroxyl groups excluding tert-OH is 1. The maximum Gasteiger partial charge on any atom is 0.314 e. The maximum absolute atomic E-state index is 12.5. The normalized spacial score (nSPS) is 47.4. The molecule has 6 heteroatoms. The van der Waals surface area contributed by atoms with Crippen LogP contribution in [0.4, 0.5) is 0 Å². The van der Waals surface area contributed by atoms with Crippen LogP contribution < -0.4 is 0 Å². The van der Waals surface area contributed by atoms with Crippen molar-refractivity contribution in [1.29, 1.82) is 0 Å². The highest BCUT2D eigenvalue weighted by atomic mass is 32.2. The summed E-state index contributed by atoms with van der Waals surface area (Å²) in [6.45, 7) is -0.0589. The van der Waals surface area contributed by atoms with Gasteiger partial charge in [0.1, 0.15) is 0 Å². The Morgan fingerprint density at radius 2 is 2.00 bits per heavy atom. The Hall–Kier alpha value is -0.460. The second kappa shape index (κ2) is 4.78. The predicted octanol–water partition coefficient (Wildman–Crippen LogP) is 0.762. The van der Waals surface area contributed by atoms with E-state index in [1.165, 1.54) is 7.11 Å². The minimum atomic E-state index is -0.814. The third-order valence-electron chi connectivity index (χ3n) is 5.48. The van der Waals surface area contributed by atoms with Gasteiger partial charge in [0.15, 0.2) is 0 Å². The monoisotopic (exact) mass is 302 g/mol.